The number of hydrogen-bond donors (Lipinski definition) is 0. The lowest BCUT2D eigenvalue weighted by atomic mass is 10.1. The van der Waals surface area contributed by atoms with Gasteiger partial charge in [-0.1, -0.05) is 17.7 Å². The predicted molar refractivity (Wildman–Crippen MR) is 90.6 cm³/mol. The Morgan fingerprint density at radius 3 is 2.46 bits per heavy atom. The zero-order chi connectivity index (χ0) is 18.3. The van der Waals surface area contributed by atoms with E-state index in [1.807, 2.05) is 0 Å². The van der Waals surface area contributed by atoms with Crippen LogP contribution in [0.5, 0.6) is 11.5 Å². The van der Waals surface area contributed by atoms with Crippen LogP contribution in [0, 0.1) is 0 Å². The Kier molecular flexibility index (Phi) is 4.19. The first-order valence-corrected chi connectivity index (χ1v) is 8.66. The van der Waals surface area contributed by atoms with E-state index in [-0.39, 0.29) is 22.4 Å². The molecule has 1 fully saturated rings. The molecule has 1 aromatic heterocycles. The van der Waals surface area contributed by atoms with Crippen LogP contribution in [0.2, 0.25) is 5.02 Å². The van der Waals surface area contributed by atoms with Crippen LogP contribution in [0.25, 0.3) is 11.1 Å². The number of carbonyl (C=O) groups excluding carboxylic acids is 1. The number of pyridine rings is 1. The summed E-state index contributed by atoms with van der Waals surface area (Å²) in [5.41, 5.74) is 1.40. The van der Waals surface area contributed by atoms with E-state index in [1.165, 1.54) is 18.3 Å². The third-order valence-electron chi connectivity index (χ3n) is 4.43. The molecule has 1 amide bonds. The summed E-state index contributed by atoms with van der Waals surface area (Å²) in [5, 5.41) is 0.224. The number of piperidine rings is 1. The average Bonchev–Trinajstić information content (AvgIpc) is 2.94. The molecule has 5 nitrogen and oxygen atoms in total. The molecule has 0 spiro atoms. The van der Waals surface area contributed by atoms with E-state index in [1.54, 1.807) is 17.0 Å². The summed E-state index contributed by atoms with van der Waals surface area (Å²) < 4.78 is 35.2. The molecule has 0 unspecified atom stereocenters. The molecule has 2 aromatic rings. The number of halogens is 3. The highest BCUT2D eigenvalue weighted by atomic mass is 35.5. The largest absolute Gasteiger partial charge is 0.586 e. The van der Waals surface area contributed by atoms with Crippen molar-refractivity contribution in [3.63, 3.8) is 0 Å². The number of aromatic nitrogens is 1. The summed E-state index contributed by atoms with van der Waals surface area (Å²) in [5.74, 6) is -0.316. The van der Waals surface area contributed by atoms with Gasteiger partial charge in [-0.25, -0.2) is 0 Å². The lowest BCUT2D eigenvalue weighted by Gasteiger charge is -2.26. The molecule has 0 radical (unpaired) electrons. The minimum absolute atomic E-state index is 0.0946. The summed E-state index contributed by atoms with van der Waals surface area (Å²) in [6.07, 6.45) is 0.937. The van der Waals surface area contributed by atoms with Gasteiger partial charge in [0.25, 0.3) is 5.91 Å². The molecule has 1 aromatic carbocycles. The second-order valence-electron chi connectivity index (χ2n) is 6.23. The van der Waals surface area contributed by atoms with Gasteiger partial charge >= 0.3 is 6.29 Å². The minimum atomic E-state index is -3.70. The van der Waals surface area contributed by atoms with Crippen molar-refractivity contribution in [2.45, 2.75) is 25.6 Å². The summed E-state index contributed by atoms with van der Waals surface area (Å²) in [6.45, 7) is 1.48. The van der Waals surface area contributed by atoms with Crippen molar-refractivity contribution in [3.05, 3.63) is 41.2 Å². The number of nitrogens with zero attached hydrogens (tertiary/aromatic N) is 2. The summed E-state index contributed by atoms with van der Waals surface area (Å²) >= 11 is 6.18. The molecule has 2 aliphatic rings. The van der Waals surface area contributed by atoms with Crippen molar-refractivity contribution >= 4 is 17.5 Å². The van der Waals surface area contributed by atoms with Crippen LogP contribution < -0.4 is 9.47 Å². The van der Waals surface area contributed by atoms with E-state index in [0.717, 1.165) is 32.4 Å². The number of fused-ring (bicyclic) bond motifs is 1. The minimum Gasteiger partial charge on any atom is -0.395 e. The Balaban J connectivity index is 1.59. The Morgan fingerprint density at radius 1 is 1.12 bits per heavy atom. The van der Waals surface area contributed by atoms with Gasteiger partial charge in [-0.05, 0) is 31.4 Å². The molecule has 3 heterocycles. The molecule has 0 N–H and O–H groups in total. The van der Waals surface area contributed by atoms with Gasteiger partial charge in [0.2, 0.25) is 0 Å². The van der Waals surface area contributed by atoms with Gasteiger partial charge in [-0.3, -0.25) is 9.78 Å². The lowest BCUT2D eigenvalue weighted by Crippen LogP contribution is -2.36. The first-order valence-electron chi connectivity index (χ1n) is 8.28. The van der Waals surface area contributed by atoms with Crippen LogP contribution >= 0.6 is 11.6 Å². The van der Waals surface area contributed by atoms with Crippen LogP contribution in [0.3, 0.4) is 0 Å². The van der Waals surface area contributed by atoms with E-state index in [4.69, 9.17) is 11.6 Å². The maximum Gasteiger partial charge on any atom is 0.586 e. The smallest absolute Gasteiger partial charge is 0.395 e. The normalized spacial score (nSPS) is 18.0. The van der Waals surface area contributed by atoms with Crippen molar-refractivity contribution < 1.29 is 23.0 Å². The number of alkyl halides is 2. The molecule has 0 saturated carbocycles. The van der Waals surface area contributed by atoms with Crippen molar-refractivity contribution in [3.8, 4) is 22.6 Å². The summed E-state index contributed by atoms with van der Waals surface area (Å²) in [4.78, 5) is 18.5. The Bertz CT molecular complexity index is 852. The number of benzene rings is 1. The van der Waals surface area contributed by atoms with Gasteiger partial charge in [0, 0.05) is 36.5 Å². The molecule has 4 rings (SSSR count). The second-order valence-corrected chi connectivity index (χ2v) is 6.64. The molecule has 0 bridgehead atoms. The monoisotopic (exact) mass is 380 g/mol. The van der Waals surface area contributed by atoms with Gasteiger partial charge in [0.05, 0.1) is 5.02 Å². The maximum atomic E-state index is 13.2. The number of ether oxygens (including phenoxy) is 2. The van der Waals surface area contributed by atoms with E-state index < -0.39 is 6.29 Å². The average molecular weight is 381 g/mol. The molecule has 26 heavy (non-hydrogen) atoms. The van der Waals surface area contributed by atoms with Crippen molar-refractivity contribution in [2.75, 3.05) is 13.1 Å². The fourth-order valence-corrected chi connectivity index (χ4v) is 3.39. The molecule has 136 valence electrons. The van der Waals surface area contributed by atoms with Crippen LogP contribution in [0.15, 0.2) is 30.5 Å². The van der Waals surface area contributed by atoms with Crippen molar-refractivity contribution in [2.24, 2.45) is 0 Å². The van der Waals surface area contributed by atoms with Crippen molar-refractivity contribution in [1.29, 1.82) is 0 Å². The van der Waals surface area contributed by atoms with Gasteiger partial charge in [-0.15, -0.1) is 8.78 Å². The van der Waals surface area contributed by atoms with Gasteiger partial charge in [0.15, 0.2) is 11.5 Å². The number of amides is 1. The summed E-state index contributed by atoms with van der Waals surface area (Å²) in [6, 6.07) is 5.95. The maximum absolute atomic E-state index is 13.2. The molecule has 8 heteroatoms. The SMILES string of the molecule is O=C(c1ccc(-c2cc3c(cc2Cl)OC(F)(F)O3)cn1)N1CCCCC1. The molecule has 0 atom stereocenters. The highest BCUT2D eigenvalue weighted by Crippen LogP contribution is 2.45. The Labute approximate surface area is 153 Å². The number of rotatable bonds is 2. The van der Waals surface area contributed by atoms with Crippen LogP contribution in [-0.2, 0) is 0 Å². The first kappa shape index (κ1) is 17.0. The quantitative estimate of drug-likeness (QED) is 0.777. The highest BCUT2D eigenvalue weighted by Gasteiger charge is 2.43. The third kappa shape index (κ3) is 3.19. The zero-order valence-electron chi connectivity index (χ0n) is 13.7. The number of likely N-dealkylation sites (tertiary alicyclic amines) is 1. The van der Waals surface area contributed by atoms with Gasteiger partial charge in [-0.2, -0.15) is 0 Å². The molecule has 2 aliphatic heterocycles. The number of hydrogen-bond acceptors (Lipinski definition) is 4. The van der Waals surface area contributed by atoms with Crippen LogP contribution in [-0.4, -0.2) is 35.2 Å². The fraction of sp³-hybridized carbons (Fsp3) is 0.333. The van der Waals surface area contributed by atoms with E-state index in [9.17, 15) is 13.6 Å². The van der Waals surface area contributed by atoms with Crippen molar-refractivity contribution in [1.82, 2.24) is 9.88 Å². The lowest BCUT2D eigenvalue weighted by molar-refractivity contribution is -0.286. The molecule has 0 aliphatic carbocycles. The van der Waals surface area contributed by atoms with E-state index in [0.29, 0.717) is 16.8 Å². The predicted octanol–water partition coefficient (Wildman–Crippen LogP) is 4.35. The van der Waals surface area contributed by atoms with Crippen LogP contribution in [0.4, 0.5) is 8.78 Å². The number of carbonyl (C=O) groups is 1. The van der Waals surface area contributed by atoms with E-state index in [2.05, 4.69) is 14.5 Å². The highest BCUT2D eigenvalue weighted by molar-refractivity contribution is 6.33. The topological polar surface area (TPSA) is 51.7 Å². The third-order valence-corrected chi connectivity index (χ3v) is 4.74. The first-order chi connectivity index (χ1) is 12.4. The van der Waals surface area contributed by atoms with Crippen LogP contribution in [0.1, 0.15) is 29.8 Å². The molecule has 1 saturated heterocycles. The Hall–Kier alpha value is -2.41. The zero-order valence-corrected chi connectivity index (χ0v) is 14.4. The fourth-order valence-electron chi connectivity index (χ4n) is 3.13. The molecular weight excluding hydrogens is 366 g/mol. The van der Waals surface area contributed by atoms with Gasteiger partial charge in [0.1, 0.15) is 5.69 Å². The summed E-state index contributed by atoms with van der Waals surface area (Å²) in [7, 11) is 0. The van der Waals surface area contributed by atoms with E-state index >= 15 is 0 Å². The Morgan fingerprint density at radius 2 is 1.81 bits per heavy atom. The molecular formula is C18H15ClF2N2O3. The standard InChI is InChI=1S/C18H15ClF2N2O3/c19-13-9-16-15(25-18(20,21)26-16)8-12(13)11-4-5-14(22-10-11)17(24)23-6-2-1-3-7-23/h4-5,8-10H,1-3,6-7H2. The second kappa shape index (κ2) is 6.39. The van der Waals surface area contributed by atoms with Gasteiger partial charge < -0.3 is 14.4 Å².